The summed E-state index contributed by atoms with van der Waals surface area (Å²) in [5.41, 5.74) is 0. The number of aliphatic hydroxyl groups excluding tert-OH is 1. The second-order valence-corrected chi connectivity index (χ2v) is 4.96. The molecule has 1 aliphatic rings. The molecule has 0 spiro atoms. The Hall–Kier alpha value is -0.650. The van der Waals surface area contributed by atoms with E-state index >= 15 is 0 Å². The molecule has 1 rings (SSSR count). The fourth-order valence-corrected chi connectivity index (χ4v) is 1.74. The molecule has 1 aliphatic heterocycles. The largest absolute Gasteiger partial charge is 0.392 e. The number of aliphatic hydroxyl groups is 1. The van der Waals surface area contributed by atoms with E-state index in [1.54, 1.807) is 0 Å². The van der Waals surface area contributed by atoms with Crippen LogP contribution in [0.25, 0.3) is 0 Å². The first-order chi connectivity index (χ1) is 8.09. The van der Waals surface area contributed by atoms with Crippen LogP contribution in [-0.4, -0.2) is 49.5 Å². The van der Waals surface area contributed by atoms with Gasteiger partial charge in [-0.15, -0.1) is 0 Å². The third kappa shape index (κ3) is 6.00. The minimum absolute atomic E-state index is 0.0228. The summed E-state index contributed by atoms with van der Waals surface area (Å²) in [5, 5.41) is 15.1. The number of carbonyl (C=O) groups excluding carboxylic acids is 1. The molecule has 2 unspecified atom stereocenters. The summed E-state index contributed by atoms with van der Waals surface area (Å²) < 4.78 is 5.41. The van der Waals surface area contributed by atoms with Gasteiger partial charge in [0.2, 0.25) is 5.91 Å². The van der Waals surface area contributed by atoms with Gasteiger partial charge in [-0.1, -0.05) is 13.8 Å². The van der Waals surface area contributed by atoms with Gasteiger partial charge in [0.1, 0.15) is 0 Å². The number of rotatable bonds is 7. The Balaban J connectivity index is 1.97. The maximum Gasteiger partial charge on any atom is 0.237 e. The van der Waals surface area contributed by atoms with Gasteiger partial charge in [0.05, 0.1) is 12.1 Å². The molecule has 0 aliphatic carbocycles. The van der Waals surface area contributed by atoms with Crippen LogP contribution < -0.4 is 10.6 Å². The highest BCUT2D eigenvalue weighted by Crippen LogP contribution is 2.05. The van der Waals surface area contributed by atoms with E-state index < -0.39 is 0 Å². The molecule has 17 heavy (non-hydrogen) atoms. The molecule has 3 N–H and O–H groups in total. The highest BCUT2D eigenvalue weighted by atomic mass is 16.5. The van der Waals surface area contributed by atoms with E-state index in [-0.39, 0.29) is 18.1 Å². The van der Waals surface area contributed by atoms with Crippen LogP contribution in [0, 0.1) is 5.92 Å². The van der Waals surface area contributed by atoms with Crippen LogP contribution in [0.5, 0.6) is 0 Å². The Kier molecular flexibility index (Phi) is 6.47. The summed E-state index contributed by atoms with van der Waals surface area (Å²) in [5.74, 6) is 0.527. The highest BCUT2D eigenvalue weighted by Gasteiger charge is 2.27. The van der Waals surface area contributed by atoms with Crippen molar-refractivity contribution in [1.82, 2.24) is 10.6 Å². The van der Waals surface area contributed by atoms with Gasteiger partial charge >= 0.3 is 0 Å². The Labute approximate surface area is 103 Å². The molecule has 0 saturated carbocycles. The predicted molar refractivity (Wildman–Crippen MR) is 65.7 cm³/mol. The molecule has 5 nitrogen and oxygen atoms in total. The van der Waals surface area contributed by atoms with E-state index in [9.17, 15) is 9.90 Å². The quantitative estimate of drug-likeness (QED) is 0.546. The Morgan fingerprint density at radius 1 is 1.59 bits per heavy atom. The fourth-order valence-electron chi connectivity index (χ4n) is 1.74. The number of hydrogen-bond donors (Lipinski definition) is 3. The molecule has 1 fully saturated rings. The summed E-state index contributed by atoms with van der Waals surface area (Å²) in [4.78, 5) is 11.6. The van der Waals surface area contributed by atoms with Crippen molar-refractivity contribution in [2.75, 3.05) is 26.3 Å². The first kappa shape index (κ1) is 14.4. The second-order valence-electron chi connectivity index (χ2n) is 4.96. The number of amides is 1. The van der Waals surface area contributed by atoms with Gasteiger partial charge in [0, 0.05) is 26.3 Å². The molecule has 0 bridgehead atoms. The summed E-state index contributed by atoms with van der Waals surface area (Å²) in [6, 6.07) is -0.235. The van der Waals surface area contributed by atoms with Crippen LogP contribution in [0.2, 0.25) is 0 Å². The normalized spacial score (nSPS) is 24.2. The molecule has 0 aromatic heterocycles. The molecule has 2 atom stereocenters. The third-order valence-corrected chi connectivity index (χ3v) is 2.64. The fraction of sp³-hybridized carbons (Fsp3) is 0.917. The zero-order chi connectivity index (χ0) is 12.7. The highest BCUT2D eigenvalue weighted by molar-refractivity contribution is 5.82. The number of ether oxygens (including phenoxy) is 1. The molecule has 1 heterocycles. The van der Waals surface area contributed by atoms with E-state index in [1.165, 1.54) is 0 Å². The smallest absolute Gasteiger partial charge is 0.237 e. The van der Waals surface area contributed by atoms with Gasteiger partial charge in [-0.25, -0.2) is 0 Å². The molecular weight excluding hydrogens is 220 g/mol. The minimum Gasteiger partial charge on any atom is -0.392 e. The molecular formula is C12H24N2O3. The lowest BCUT2D eigenvalue weighted by Gasteiger charge is -2.11. The van der Waals surface area contributed by atoms with Gasteiger partial charge in [0.15, 0.2) is 0 Å². The lowest BCUT2D eigenvalue weighted by Crippen LogP contribution is -2.40. The van der Waals surface area contributed by atoms with E-state index in [4.69, 9.17) is 4.74 Å². The van der Waals surface area contributed by atoms with E-state index in [2.05, 4.69) is 24.5 Å². The molecule has 0 radical (unpaired) electrons. The van der Waals surface area contributed by atoms with Crippen LogP contribution in [-0.2, 0) is 9.53 Å². The molecule has 0 aromatic carbocycles. The molecule has 1 saturated heterocycles. The predicted octanol–water partition coefficient (Wildman–Crippen LogP) is -0.112. The van der Waals surface area contributed by atoms with Gasteiger partial charge in [-0.3, -0.25) is 4.79 Å². The minimum atomic E-state index is -0.389. The summed E-state index contributed by atoms with van der Waals surface area (Å²) in [6.45, 7) is 6.81. The zero-order valence-corrected chi connectivity index (χ0v) is 10.7. The van der Waals surface area contributed by atoms with Crippen molar-refractivity contribution in [3.8, 4) is 0 Å². The van der Waals surface area contributed by atoms with Gasteiger partial charge < -0.3 is 20.5 Å². The summed E-state index contributed by atoms with van der Waals surface area (Å²) >= 11 is 0. The average Bonchev–Trinajstić information content (AvgIpc) is 2.69. The van der Waals surface area contributed by atoms with Crippen molar-refractivity contribution in [2.45, 2.75) is 38.8 Å². The van der Waals surface area contributed by atoms with Gasteiger partial charge in [-0.05, 0) is 18.8 Å². The van der Waals surface area contributed by atoms with Crippen molar-refractivity contribution >= 4 is 5.91 Å². The Morgan fingerprint density at radius 3 is 2.94 bits per heavy atom. The Bertz CT molecular complexity index is 234. The number of carbonyl (C=O) groups is 1. The van der Waals surface area contributed by atoms with E-state index in [0.29, 0.717) is 32.0 Å². The van der Waals surface area contributed by atoms with Gasteiger partial charge in [-0.2, -0.15) is 0 Å². The van der Waals surface area contributed by atoms with Crippen LogP contribution >= 0.6 is 0 Å². The van der Waals surface area contributed by atoms with Crippen LogP contribution in [0.15, 0.2) is 0 Å². The molecule has 1 amide bonds. The first-order valence-electron chi connectivity index (χ1n) is 6.36. The first-order valence-corrected chi connectivity index (χ1v) is 6.36. The van der Waals surface area contributed by atoms with Crippen molar-refractivity contribution < 1.29 is 14.6 Å². The third-order valence-electron chi connectivity index (χ3n) is 2.64. The van der Waals surface area contributed by atoms with Gasteiger partial charge in [0.25, 0.3) is 0 Å². The summed E-state index contributed by atoms with van der Waals surface area (Å²) in [7, 11) is 0. The standard InChI is InChI=1S/C12H24N2O3/c1-9(2)8-17-5-3-4-13-12(16)11-6-10(15)7-14-11/h9-11,14-15H,3-8H2,1-2H3,(H,13,16). The maximum absolute atomic E-state index is 11.6. The molecule has 5 heteroatoms. The van der Waals surface area contributed by atoms with Crippen LogP contribution in [0.3, 0.4) is 0 Å². The number of nitrogens with one attached hydrogen (secondary N) is 2. The SMILES string of the molecule is CC(C)COCCCNC(=O)C1CC(O)CN1. The lowest BCUT2D eigenvalue weighted by molar-refractivity contribution is -0.122. The topological polar surface area (TPSA) is 70.6 Å². The maximum atomic E-state index is 11.6. The van der Waals surface area contributed by atoms with Crippen molar-refractivity contribution in [2.24, 2.45) is 5.92 Å². The lowest BCUT2D eigenvalue weighted by atomic mass is 10.2. The van der Waals surface area contributed by atoms with Crippen molar-refractivity contribution in [1.29, 1.82) is 0 Å². The zero-order valence-electron chi connectivity index (χ0n) is 10.7. The van der Waals surface area contributed by atoms with E-state index in [0.717, 1.165) is 13.0 Å². The average molecular weight is 244 g/mol. The second kappa shape index (κ2) is 7.63. The van der Waals surface area contributed by atoms with Crippen molar-refractivity contribution in [3.05, 3.63) is 0 Å². The number of β-amino-alcohol motifs (C(OH)–C–C–N with tert-alkyl or cyclic N) is 1. The Morgan fingerprint density at radius 2 is 2.35 bits per heavy atom. The van der Waals surface area contributed by atoms with Crippen LogP contribution in [0.4, 0.5) is 0 Å². The van der Waals surface area contributed by atoms with Crippen LogP contribution in [0.1, 0.15) is 26.7 Å². The molecule has 100 valence electrons. The van der Waals surface area contributed by atoms with E-state index in [1.807, 2.05) is 0 Å². The number of hydrogen-bond acceptors (Lipinski definition) is 4. The molecule has 0 aromatic rings. The van der Waals surface area contributed by atoms with Crippen molar-refractivity contribution in [3.63, 3.8) is 0 Å². The monoisotopic (exact) mass is 244 g/mol. The summed E-state index contributed by atoms with van der Waals surface area (Å²) in [6.07, 6.45) is 0.948.